The molecule has 0 aliphatic rings. The lowest BCUT2D eigenvalue weighted by Gasteiger charge is -2.23. The van der Waals surface area contributed by atoms with Gasteiger partial charge in [-0.05, 0) is 25.7 Å². The Balaban J connectivity index is 4.47. The monoisotopic (exact) mass is 510 g/mol. The molecule has 2 N–H and O–H groups in total. The van der Waals surface area contributed by atoms with E-state index in [9.17, 15) is 45.5 Å². The third kappa shape index (κ3) is 12.9. The molecule has 16 heteroatoms. The van der Waals surface area contributed by atoms with E-state index in [4.69, 9.17) is 0 Å². The highest BCUT2D eigenvalue weighted by Gasteiger charge is 2.38. The number of nitrogens with zero attached hydrogens (tertiary/aromatic N) is 2. The van der Waals surface area contributed by atoms with Crippen molar-refractivity contribution >= 4 is 24.0 Å². The molecule has 0 aromatic heterocycles. The lowest BCUT2D eigenvalue weighted by molar-refractivity contribution is -0.173. The minimum atomic E-state index is -5.00. The van der Waals surface area contributed by atoms with Gasteiger partial charge in [-0.25, -0.2) is 9.59 Å². The molecule has 10 nitrogen and oxygen atoms in total. The van der Waals surface area contributed by atoms with E-state index in [0.717, 1.165) is 14.2 Å². The van der Waals surface area contributed by atoms with Crippen LogP contribution in [0.1, 0.15) is 25.7 Å². The van der Waals surface area contributed by atoms with Crippen molar-refractivity contribution in [2.75, 3.05) is 53.5 Å². The summed E-state index contributed by atoms with van der Waals surface area (Å²) in [5.74, 6) is -4.17. The summed E-state index contributed by atoms with van der Waals surface area (Å²) in [6, 6.07) is 0. The van der Waals surface area contributed by atoms with Crippen LogP contribution in [0.3, 0.4) is 0 Å². The van der Waals surface area contributed by atoms with Gasteiger partial charge in [0.05, 0.1) is 14.2 Å². The number of methoxy groups -OCH3 is 2. The van der Waals surface area contributed by atoms with Crippen molar-refractivity contribution in [3.63, 3.8) is 0 Å². The normalized spacial score (nSPS) is 11.4. The third-order valence-corrected chi connectivity index (χ3v) is 4.27. The molecule has 0 aliphatic heterocycles. The van der Waals surface area contributed by atoms with Crippen LogP contribution in [-0.2, 0) is 19.1 Å². The molecule has 0 spiro atoms. The molecule has 0 heterocycles. The zero-order chi connectivity index (χ0) is 26.4. The molecule has 198 valence electrons. The molecule has 0 atom stereocenters. The van der Waals surface area contributed by atoms with E-state index < -0.39 is 36.4 Å². The van der Waals surface area contributed by atoms with Gasteiger partial charge in [-0.3, -0.25) is 9.59 Å². The van der Waals surface area contributed by atoms with E-state index in [2.05, 4.69) is 9.47 Å². The summed E-state index contributed by atoms with van der Waals surface area (Å²) in [7, 11) is 2.24. The first-order valence-corrected chi connectivity index (χ1v) is 10.1. The summed E-state index contributed by atoms with van der Waals surface area (Å²) < 4.78 is 82.1. The first-order chi connectivity index (χ1) is 15.7. The highest BCUT2D eigenvalue weighted by molar-refractivity contribution is 5.82. The maximum Gasteiger partial charge on any atom is 0.471 e. The molecule has 0 bridgehead atoms. The number of carbonyl (C=O) groups excluding carboxylic acids is 4. The van der Waals surface area contributed by atoms with Gasteiger partial charge in [0.25, 0.3) is 0 Å². The number of rotatable bonds is 13. The molecule has 0 saturated carbocycles. The highest BCUT2D eigenvalue weighted by atomic mass is 19.4. The van der Waals surface area contributed by atoms with Crippen molar-refractivity contribution in [1.29, 1.82) is 0 Å². The van der Waals surface area contributed by atoms with Gasteiger partial charge in [-0.2, -0.15) is 26.3 Å². The van der Waals surface area contributed by atoms with Crippen molar-refractivity contribution < 1.29 is 55.0 Å². The molecule has 0 radical (unpaired) electrons. The Morgan fingerprint density at radius 2 is 0.912 bits per heavy atom. The summed E-state index contributed by atoms with van der Waals surface area (Å²) in [5, 5.41) is 3.37. The first-order valence-electron chi connectivity index (χ1n) is 10.1. The lowest BCUT2D eigenvalue weighted by atomic mass is 10.2. The van der Waals surface area contributed by atoms with Crippen LogP contribution in [0.2, 0.25) is 0 Å². The molecule has 0 aromatic rings. The second-order valence-corrected chi connectivity index (χ2v) is 6.84. The van der Waals surface area contributed by atoms with Crippen molar-refractivity contribution in [1.82, 2.24) is 20.4 Å². The van der Waals surface area contributed by atoms with Crippen molar-refractivity contribution in [2.24, 2.45) is 0 Å². The van der Waals surface area contributed by atoms with E-state index >= 15 is 0 Å². The topological polar surface area (TPSA) is 117 Å². The quantitative estimate of drug-likeness (QED) is 0.289. The van der Waals surface area contributed by atoms with Crippen LogP contribution < -0.4 is 10.6 Å². The van der Waals surface area contributed by atoms with Gasteiger partial charge in [-0.1, -0.05) is 0 Å². The van der Waals surface area contributed by atoms with Gasteiger partial charge in [0.1, 0.15) is 0 Å². The fourth-order valence-electron chi connectivity index (χ4n) is 2.60. The van der Waals surface area contributed by atoms with Crippen LogP contribution in [0, 0.1) is 0 Å². The maximum absolute atomic E-state index is 12.2. The molecule has 0 unspecified atom stereocenters. The lowest BCUT2D eigenvalue weighted by Crippen LogP contribution is -2.40. The van der Waals surface area contributed by atoms with E-state index in [1.807, 2.05) is 0 Å². The van der Waals surface area contributed by atoms with E-state index in [1.165, 1.54) is 9.80 Å². The second-order valence-electron chi connectivity index (χ2n) is 6.84. The fourth-order valence-corrected chi connectivity index (χ4v) is 2.60. The number of nitrogens with one attached hydrogen (secondary N) is 2. The molecule has 34 heavy (non-hydrogen) atoms. The highest BCUT2D eigenvalue weighted by Crippen LogP contribution is 2.14. The van der Waals surface area contributed by atoms with Gasteiger partial charge < -0.3 is 29.9 Å². The summed E-state index contributed by atoms with van der Waals surface area (Å²) in [5.41, 5.74) is 0. The molecule has 0 fully saturated rings. The Kier molecular flexibility index (Phi) is 13.8. The average Bonchev–Trinajstić information content (AvgIpc) is 2.76. The summed E-state index contributed by atoms with van der Waals surface area (Å²) >= 11 is 0. The number of hydrogen-bond donors (Lipinski definition) is 2. The predicted molar refractivity (Wildman–Crippen MR) is 105 cm³/mol. The Bertz CT molecular complexity index is 618. The number of carbonyl (C=O) groups is 4. The molecule has 0 aromatic carbocycles. The Hall–Kier alpha value is -2.94. The molecule has 4 amide bonds. The molecule has 0 rings (SSSR count). The number of alkyl halides is 6. The van der Waals surface area contributed by atoms with Crippen LogP contribution >= 0.6 is 0 Å². The van der Waals surface area contributed by atoms with Gasteiger partial charge in [0, 0.05) is 39.3 Å². The zero-order valence-electron chi connectivity index (χ0n) is 18.7. The second kappa shape index (κ2) is 15.1. The van der Waals surface area contributed by atoms with E-state index in [1.54, 1.807) is 10.6 Å². The van der Waals surface area contributed by atoms with Crippen molar-refractivity contribution in [3.05, 3.63) is 0 Å². The van der Waals surface area contributed by atoms with Gasteiger partial charge >= 0.3 is 36.4 Å². The molecular weight excluding hydrogens is 482 g/mol. The summed E-state index contributed by atoms with van der Waals surface area (Å²) in [4.78, 5) is 47.6. The van der Waals surface area contributed by atoms with Crippen LogP contribution in [0.5, 0.6) is 0 Å². The van der Waals surface area contributed by atoms with Crippen LogP contribution in [0.15, 0.2) is 0 Å². The Morgan fingerprint density at radius 3 is 1.18 bits per heavy atom. The number of halogens is 6. The minimum absolute atomic E-state index is 0.00439. The van der Waals surface area contributed by atoms with E-state index in [-0.39, 0.29) is 52.1 Å². The van der Waals surface area contributed by atoms with Crippen LogP contribution in [-0.4, -0.2) is 99.6 Å². The average molecular weight is 510 g/mol. The summed E-state index contributed by atoms with van der Waals surface area (Å²) in [6.45, 7) is -0.346. The molecule has 0 aliphatic carbocycles. The Morgan fingerprint density at radius 1 is 0.618 bits per heavy atom. The zero-order valence-corrected chi connectivity index (χ0v) is 18.7. The van der Waals surface area contributed by atoms with Gasteiger partial charge in [-0.15, -0.1) is 0 Å². The first kappa shape index (κ1) is 31.1. The number of amides is 4. The standard InChI is InChI=1S/C18H28F6N4O6/c1-33-15(31)27(11-5-7-25-13(29)17(19,20)21)9-3-4-10-28(16(32)34-2)12-6-8-26-14(30)18(22,23)24/h3-12H2,1-2H3,(H,25,29)(H,26,30). The maximum atomic E-state index is 12.2. The largest absolute Gasteiger partial charge is 0.471 e. The number of unbranched alkanes of at least 4 members (excludes halogenated alkanes) is 1. The van der Waals surface area contributed by atoms with Crippen LogP contribution in [0.4, 0.5) is 35.9 Å². The van der Waals surface area contributed by atoms with Crippen molar-refractivity contribution in [2.45, 2.75) is 38.0 Å². The van der Waals surface area contributed by atoms with E-state index in [0.29, 0.717) is 12.8 Å². The smallest absolute Gasteiger partial charge is 0.453 e. The number of hydrogen-bond acceptors (Lipinski definition) is 6. The van der Waals surface area contributed by atoms with Gasteiger partial charge in [0.15, 0.2) is 0 Å². The number of ether oxygens (including phenoxy) is 2. The van der Waals surface area contributed by atoms with Crippen molar-refractivity contribution in [3.8, 4) is 0 Å². The van der Waals surface area contributed by atoms with Gasteiger partial charge in [0.2, 0.25) is 0 Å². The molecular formula is C18H28F6N4O6. The fraction of sp³-hybridized carbons (Fsp3) is 0.778. The molecule has 0 saturated heterocycles. The van der Waals surface area contributed by atoms with Crippen LogP contribution in [0.25, 0.3) is 0 Å². The SMILES string of the molecule is COC(=O)N(CCCCN(CCCNC(=O)C(F)(F)F)C(=O)OC)CCCNC(=O)C(F)(F)F. The third-order valence-electron chi connectivity index (χ3n) is 4.27. The predicted octanol–water partition coefficient (Wildman–Crippen LogP) is 2.04. The minimum Gasteiger partial charge on any atom is -0.453 e. The Labute approximate surface area is 191 Å². The summed E-state index contributed by atoms with van der Waals surface area (Å²) in [6.07, 6.45) is -10.7.